The Morgan fingerprint density at radius 2 is 2.35 bits per heavy atom. The highest BCUT2D eigenvalue weighted by Gasteiger charge is 2.23. The van der Waals surface area contributed by atoms with Crippen LogP contribution in [0.5, 0.6) is 0 Å². The van der Waals surface area contributed by atoms with E-state index in [-0.39, 0.29) is 23.4 Å². The number of carbonyl (C=O) groups excluding carboxylic acids is 2. The fourth-order valence-corrected chi connectivity index (χ4v) is 1.90. The van der Waals surface area contributed by atoms with Gasteiger partial charge in [-0.2, -0.15) is 0 Å². The SMILES string of the molecule is O=C1CCC(C(=O)NCCn2cc(C(=O)O)nn2)CN1. The van der Waals surface area contributed by atoms with Crippen molar-refractivity contribution < 1.29 is 19.5 Å². The molecule has 1 aromatic heterocycles. The van der Waals surface area contributed by atoms with Gasteiger partial charge in [0.05, 0.1) is 18.7 Å². The zero-order chi connectivity index (χ0) is 14.5. The Bertz CT molecular complexity index is 517. The first-order valence-corrected chi connectivity index (χ1v) is 6.24. The normalized spacial score (nSPS) is 18.4. The number of rotatable bonds is 5. The van der Waals surface area contributed by atoms with Gasteiger partial charge in [-0.3, -0.25) is 9.59 Å². The quantitative estimate of drug-likeness (QED) is 0.610. The minimum absolute atomic E-state index is 0.0298. The molecule has 1 fully saturated rings. The van der Waals surface area contributed by atoms with E-state index in [4.69, 9.17) is 5.11 Å². The van der Waals surface area contributed by atoms with Crippen LogP contribution in [0, 0.1) is 5.92 Å². The average molecular weight is 281 g/mol. The van der Waals surface area contributed by atoms with Crippen LogP contribution in [0.15, 0.2) is 6.20 Å². The van der Waals surface area contributed by atoms with E-state index in [1.807, 2.05) is 0 Å². The first-order chi connectivity index (χ1) is 9.56. The van der Waals surface area contributed by atoms with Crippen LogP contribution in [-0.2, 0) is 16.1 Å². The minimum atomic E-state index is -1.14. The second kappa shape index (κ2) is 6.13. The Balaban J connectivity index is 1.73. The zero-order valence-electron chi connectivity index (χ0n) is 10.7. The molecule has 0 aliphatic carbocycles. The van der Waals surface area contributed by atoms with Gasteiger partial charge in [0.25, 0.3) is 0 Å². The molecule has 0 saturated carbocycles. The van der Waals surface area contributed by atoms with Gasteiger partial charge in [0.2, 0.25) is 11.8 Å². The van der Waals surface area contributed by atoms with Crippen LogP contribution in [0.25, 0.3) is 0 Å². The van der Waals surface area contributed by atoms with E-state index < -0.39 is 5.97 Å². The highest BCUT2D eigenvalue weighted by atomic mass is 16.4. The van der Waals surface area contributed by atoms with Crippen molar-refractivity contribution in [3.8, 4) is 0 Å². The monoisotopic (exact) mass is 281 g/mol. The first kappa shape index (κ1) is 14.0. The number of hydrogen-bond donors (Lipinski definition) is 3. The second-order valence-electron chi connectivity index (χ2n) is 4.50. The van der Waals surface area contributed by atoms with Crippen LogP contribution in [0.1, 0.15) is 23.3 Å². The summed E-state index contributed by atoms with van der Waals surface area (Å²) in [7, 11) is 0. The highest BCUT2D eigenvalue weighted by Crippen LogP contribution is 2.10. The van der Waals surface area contributed by atoms with E-state index in [1.165, 1.54) is 10.9 Å². The third kappa shape index (κ3) is 3.53. The maximum Gasteiger partial charge on any atom is 0.358 e. The molecule has 0 radical (unpaired) electrons. The van der Waals surface area contributed by atoms with Gasteiger partial charge in [-0.15, -0.1) is 5.10 Å². The maximum absolute atomic E-state index is 11.8. The van der Waals surface area contributed by atoms with Crippen LogP contribution >= 0.6 is 0 Å². The molecular weight excluding hydrogens is 266 g/mol. The molecule has 1 aromatic rings. The predicted molar refractivity (Wildman–Crippen MR) is 65.7 cm³/mol. The van der Waals surface area contributed by atoms with Gasteiger partial charge in [0, 0.05) is 19.5 Å². The van der Waals surface area contributed by atoms with Crippen molar-refractivity contribution in [3.63, 3.8) is 0 Å². The summed E-state index contributed by atoms with van der Waals surface area (Å²) in [6.07, 6.45) is 2.21. The number of amides is 2. The first-order valence-electron chi connectivity index (χ1n) is 6.24. The van der Waals surface area contributed by atoms with Crippen LogP contribution < -0.4 is 10.6 Å². The number of nitrogens with one attached hydrogen (secondary N) is 2. The van der Waals surface area contributed by atoms with Gasteiger partial charge in [-0.25, -0.2) is 9.48 Å². The molecule has 9 nitrogen and oxygen atoms in total. The number of aromatic nitrogens is 3. The summed E-state index contributed by atoms with van der Waals surface area (Å²) < 4.78 is 1.35. The van der Waals surface area contributed by atoms with Crippen molar-refractivity contribution in [3.05, 3.63) is 11.9 Å². The van der Waals surface area contributed by atoms with Crippen molar-refractivity contribution in [2.45, 2.75) is 19.4 Å². The van der Waals surface area contributed by atoms with Crippen LogP contribution in [0.4, 0.5) is 0 Å². The second-order valence-corrected chi connectivity index (χ2v) is 4.50. The fraction of sp³-hybridized carbons (Fsp3) is 0.545. The van der Waals surface area contributed by atoms with Crippen LogP contribution in [0.2, 0.25) is 0 Å². The highest BCUT2D eigenvalue weighted by molar-refractivity contribution is 5.84. The molecule has 0 bridgehead atoms. The van der Waals surface area contributed by atoms with E-state index in [0.29, 0.717) is 32.5 Å². The van der Waals surface area contributed by atoms with Gasteiger partial charge in [-0.05, 0) is 6.42 Å². The van der Waals surface area contributed by atoms with Crippen molar-refractivity contribution in [1.82, 2.24) is 25.6 Å². The molecule has 1 aliphatic heterocycles. The summed E-state index contributed by atoms with van der Waals surface area (Å²) in [4.78, 5) is 33.4. The van der Waals surface area contributed by atoms with Crippen LogP contribution in [0.3, 0.4) is 0 Å². The number of nitrogens with zero attached hydrogens (tertiary/aromatic N) is 3. The Kier molecular flexibility index (Phi) is 4.28. The van der Waals surface area contributed by atoms with Crippen LogP contribution in [-0.4, -0.2) is 51.0 Å². The summed E-state index contributed by atoms with van der Waals surface area (Å²) >= 11 is 0. The van der Waals surface area contributed by atoms with E-state index in [9.17, 15) is 14.4 Å². The summed E-state index contributed by atoms with van der Waals surface area (Å²) in [5, 5.41) is 21.2. The lowest BCUT2D eigenvalue weighted by Crippen LogP contribution is -2.43. The minimum Gasteiger partial charge on any atom is -0.476 e. The Morgan fingerprint density at radius 3 is 2.95 bits per heavy atom. The molecular formula is C11H15N5O4. The molecule has 2 heterocycles. The summed E-state index contributed by atoms with van der Waals surface area (Å²) in [6.45, 7) is 1.02. The summed E-state index contributed by atoms with van der Waals surface area (Å²) in [5.41, 5.74) is -0.133. The largest absolute Gasteiger partial charge is 0.476 e. The molecule has 2 rings (SSSR count). The summed E-state index contributed by atoms with van der Waals surface area (Å²) in [6, 6.07) is 0. The van der Waals surface area contributed by atoms with Crippen molar-refractivity contribution >= 4 is 17.8 Å². The van der Waals surface area contributed by atoms with E-state index in [2.05, 4.69) is 20.9 Å². The van der Waals surface area contributed by atoms with Crippen molar-refractivity contribution in [2.24, 2.45) is 5.92 Å². The average Bonchev–Trinajstić information content (AvgIpc) is 2.88. The maximum atomic E-state index is 11.8. The van der Waals surface area contributed by atoms with Gasteiger partial charge in [0.15, 0.2) is 5.69 Å². The third-order valence-electron chi connectivity index (χ3n) is 3.03. The molecule has 3 N–H and O–H groups in total. The molecule has 1 atom stereocenters. The topological polar surface area (TPSA) is 126 Å². The molecule has 9 heteroatoms. The molecule has 20 heavy (non-hydrogen) atoms. The Labute approximate surface area is 114 Å². The molecule has 2 amide bonds. The number of carboxylic acids is 1. The zero-order valence-corrected chi connectivity index (χ0v) is 10.7. The predicted octanol–water partition coefficient (Wildman–Crippen LogP) is -1.38. The lowest BCUT2D eigenvalue weighted by atomic mass is 9.98. The molecule has 0 spiro atoms. The molecule has 108 valence electrons. The number of carboxylic acid groups (broad SMARTS) is 1. The number of piperidine rings is 1. The van der Waals surface area contributed by atoms with Gasteiger partial charge in [0.1, 0.15) is 0 Å². The molecule has 1 unspecified atom stereocenters. The van der Waals surface area contributed by atoms with Crippen molar-refractivity contribution in [2.75, 3.05) is 13.1 Å². The molecule has 1 aliphatic rings. The number of hydrogen-bond acceptors (Lipinski definition) is 5. The Hall–Kier alpha value is -2.45. The van der Waals surface area contributed by atoms with Gasteiger partial charge >= 0.3 is 5.97 Å². The lowest BCUT2D eigenvalue weighted by molar-refractivity contribution is -0.128. The van der Waals surface area contributed by atoms with Gasteiger partial charge in [-0.1, -0.05) is 5.21 Å². The standard InChI is InChI=1S/C11H15N5O4/c17-9-2-1-7(5-13-9)10(18)12-3-4-16-6-8(11(19)20)14-15-16/h6-7H,1-5H2,(H,12,18)(H,13,17)(H,19,20). The smallest absolute Gasteiger partial charge is 0.358 e. The molecule has 0 aromatic carbocycles. The number of aromatic carboxylic acids is 1. The lowest BCUT2D eigenvalue weighted by Gasteiger charge is -2.21. The van der Waals surface area contributed by atoms with Crippen molar-refractivity contribution in [1.29, 1.82) is 0 Å². The number of carbonyl (C=O) groups is 3. The Morgan fingerprint density at radius 1 is 1.55 bits per heavy atom. The fourth-order valence-electron chi connectivity index (χ4n) is 1.90. The van der Waals surface area contributed by atoms with E-state index >= 15 is 0 Å². The third-order valence-corrected chi connectivity index (χ3v) is 3.03. The van der Waals surface area contributed by atoms with Gasteiger partial charge < -0.3 is 15.7 Å². The van der Waals surface area contributed by atoms with E-state index in [0.717, 1.165) is 0 Å². The summed E-state index contributed by atoms with van der Waals surface area (Å²) in [5.74, 6) is -1.50. The van der Waals surface area contributed by atoms with E-state index in [1.54, 1.807) is 0 Å². The molecule has 1 saturated heterocycles.